The van der Waals surface area contributed by atoms with Gasteiger partial charge >= 0.3 is 0 Å². The van der Waals surface area contributed by atoms with Crippen LogP contribution < -0.4 is 30.9 Å². The summed E-state index contributed by atoms with van der Waals surface area (Å²) in [5.74, 6) is 1.77. The first-order chi connectivity index (χ1) is 37.2. The van der Waals surface area contributed by atoms with Gasteiger partial charge in [-0.3, -0.25) is 0 Å². The molecule has 0 saturated carbocycles. The van der Waals surface area contributed by atoms with Gasteiger partial charge in [0.25, 0.3) is 6.71 Å². The maximum atomic E-state index is 7.44. The number of hydrogen-bond acceptors (Lipinski definition) is 4. The third-order valence-corrected chi connectivity index (χ3v) is 18.2. The standard InChI is InChI=1S/C71H58BN3OS/c1-69(2,3)43-31-34-47(35-32-43)74-57-40-48(73(45-21-11-9-12-22-45)46-23-13-10-14-24-46)41-60-66(57)72(54-39-44(70(4,5)6)33-37-59(54)76-60)67-58(74)42-56(65-64(67)51-26-15-18-28-53(51)71(65,7)8)75-55-29-19-16-25-49(55)50-36-38-62-63(68(50)75)52-27-17-20-30-61(52)77-62/h9-42H,1-8H3. The number of rotatable bonds is 5. The van der Waals surface area contributed by atoms with Gasteiger partial charge < -0.3 is 19.1 Å². The predicted octanol–water partition coefficient (Wildman–Crippen LogP) is 17.9. The molecular weight excluding hydrogens is 954 g/mol. The molecule has 10 aromatic carbocycles. The minimum atomic E-state index is -0.377. The van der Waals surface area contributed by atoms with Gasteiger partial charge in [-0.15, -0.1) is 11.3 Å². The monoisotopic (exact) mass is 1010 g/mol. The molecule has 0 spiro atoms. The molecule has 0 N–H and O–H groups in total. The Hall–Kier alpha value is -8.32. The molecule has 77 heavy (non-hydrogen) atoms. The van der Waals surface area contributed by atoms with Gasteiger partial charge in [0.15, 0.2) is 0 Å². The van der Waals surface area contributed by atoms with E-state index in [0.717, 1.165) is 39.9 Å². The zero-order chi connectivity index (χ0) is 52.3. The molecule has 4 heterocycles. The fourth-order valence-electron chi connectivity index (χ4n) is 13.4. The summed E-state index contributed by atoms with van der Waals surface area (Å²) in [6.07, 6.45) is 0. The van der Waals surface area contributed by atoms with Crippen LogP contribution in [0.2, 0.25) is 0 Å². The molecule has 0 radical (unpaired) electrons. The van der Waals surface area contributed by atoms with Crippen molar-refractivity contribution >= 4 is 111 Å². The molecule has 4 nitrogen and oxygen atoms in total. The highest BCUT2D eigenvalue weighted by Gasteiger charge is 2.49. The van der Waals surface area contributed by atoms with E-state index in [2.05, 4.69) is 276 Å². The summed E-state index contributed by atoms with van der Waals surface area (Å²) in [7, 11) is 0. The van der Waals surface area contributed by atoms with Crippen LogP contribution >= 0.6 is 11.3 Å². The lowest BCUT2D eigenvalue weighted by Gasteiger charge is -2.43. The van der Waals surface area contributed by atoms with Crippen molar-refractivity contribution in [2.24, 2.45) is 0 Å². The molecule has 0 atom stereocenters. The zero-order valence-corrected chi connectivity index (χ0v) is 45.7. The van der Waals surface area contributed by atoms with Crippen molar-refractivity contribution < 1.29 is 4.74 Å². The topological polar surface area (TPSA) is 20.6 Å². The largest absolute Gasteiger partial charge is 0.458 e. The van der Waals surface area contributed by atoms with Crippen LogP contribution in [0.15, 0.2) is 206 Å². The Morgan fingerprint density at radius 2 is 1.14 bits per heavy atom. The number of anilines is 6. The third-order valence-electron chi connectivity index (χ3n) is 17.1. The van der Waals surface area contributed by atoms with Crippen molar-refractivity contribution in [3.8, 4) is 28.3 Å². The van der Waals surface area contributed by atoms with E-state index in [0.29, 0.717) is 0 Å². The Bertz CT molecular complexity index is 4380. The molecule has 0 saturated heterocycles. The lowest BCUT2D eigenvalue weighted by molar-refractivity contribution is 0.486. The fraction of sp³-hybridized carbons (Fsp3) is 0.155. The number of nitrogens with zero attached hydrogens (tertiary/aromatic N) is 3. The number of fused-ring (bicyclic) bond motifs is 15. The highest BCUT2D eigenvalue weighted by Crippen LogP contribution is 2.56. The van der Waals surface area contributed by atoms with Crippen LogP contribution in [-0.2, 0) is 16.2 Å². The molecule has 0 unspecified atom stereocenters. The number of para-hydroxylation sites is 3. The SMILES string of the molecule is CC(C)(C)c1ccc(N2c3cc(N(c4ccccc4)c4ccccc4)cc4c3B(c3cc(C(C)(C)C)ccc3O4)c3c2cc(-n2c4ccccc4c4ccc5sc6ccccc6c5c42)c2c3-c3ccccc3C2(C)C)cc1. The molecule has 0 fully saturated rings. The van der Waals surface area contributed by atoms with Crippen molar-refractivity contribution in [1.82, 2.24) is 4.57 Å². The molecule has 3 aliphatic rings. The summed E-state index contributed by atoms with van der Waals surface area (Å²) in [5, 5.41) is 5.12. The molecule has 372 valence electrons. The van der Waals surface area contributed by atoms with Gasteiger partial charge in [-0.1, -0.05) is 183 Å². The second-order valence-corrected chi connectivity index (χ2v) is 25.2. The van der Waals surface area contributed by atoms with Crippen LogP contribution in [-0.4, -0.2) is 11.3 Å². The molecule has 0 amide bonds. The quantitative estimate of drug-likeness (QED) is 0.160. The molecule has 2 aromatic heterocycles. The second-order valence-electron chi connectivity index (χ2n) is 24.1. The summed E-state index contributed by atoms with van der Waals surface area (Å²) >= 11 is 1.89. The van der Waals surface area contributed by atoms with Crippen molar-refractivity contribution in [3.05, 3.63) is 229 Å². The average Bonchev–Trinajstić information content (AvgIpc) is 4.02. The third kappa shape index (κ3) is 6.71. The zero-order valence-electron chi connectivity index (χ0n) is 44.9. The van der Waals surface area contributed by atoms with E-state index in [1.165, 1.54) is 103 Å². The van der Waals surface area contributed by atoms with Gasteiger partial charge in [-0.2, -0.15) is 0 Å². The van der Waals surface area contributed by atoms with E-state index in [9.17, 15) is 0 Å². The van der Waals surface area contributed by atoms with Gasteiger partial charge in [-0.05, 0) is 133 Å². The van der Waals surface area contributed by atoms with Crippen LogP contribution in [0.25, 0.3) is 58.8 Å². The number of benzene rings is 10. The maximum Gasteiger partial charge on any atom is 0.257 e. The summed E-state index contributed by atoms with van der Waals surface area (Å²) in [6, 6.07) is 77.4. The molecular formula is C71H58BN3OS. The summed E-state index contributed by atoms with van der Waals surface area (Å²) in [5.41, 5.74) is 21.3. The van der Waals surface area contributed by atoms with E-state index < -0.39 is 0 Å². The minimum Gasteiger partial charge on any atom is -0.458 e. The van der Waals surface area contributed by atoms with Crippen molar-refractivity contribution in [2.45, 2.75) is 71.6 Å². The van der Waals surface area contributed by atoms with E-state index in [1.807, 2.05) is 11.3 Å². The Kier molecular flexibility index (Phi) is 9.77. The van der Waals surface area contributed by atoms with E-state index >= 15 is 0 Å². The molecule has 2 aliphatic heterocycles. The number of ether oxygens (including phenoxy) is 1. The highest BCUT2D eigenvalue weighted by atomic mass is 32.1. The van der Waals surface area contributed by atoms with Crippen LogP contribution in [0.5, 0.6) is 11.5 Å². The van der Waals surface area contributed by atoms with Gasteiger partial charge in [0.1, 0.15) is 11.5 Å². The van der Waals surface area contributed by atoms with Crippen molar-refractivity contribution in [2.75, 3.05) is 9.80 Å². The Labute approximate surface area is 455 Å². The van der Waals surface area contributed by atoms with Crippen molar-refractivity contribution in [3.63, 3.8) is 0 Å². The predicted molar refractivity (Wildman–Crippen MR) is 329 cm³/mol. The van der Waals surface area contributed by atoms with Gasteiger partial charge in [0.05, 0.1) is 22.4 Å². The van der Waals surface area contributed by atoms with E-state index in [4.69, 9.17) is 4.74 Å². The van der Waals surface area contributed by atoms with Gasteiger partial charge in [-0.25, -0.2) is 0 Å². The first-order valence-corrected chi connectivity index (χ1v) is 28.0. The first-order valence-electron chi connectivity index (χ1n) is 27.2. The first kappa shape index (κ1) is 46.0. The summed E-state index contributed by atoms with van der Waals surface area (Å²) in [4.78, 5) is 4.98. The second kappa shape index (κ2) is 16.3. The average molecular weight is 1010 g/mol. The molecule has 15 rings (SSSR count). The number of aromatic nitrogens is 1. The highest BCUT2D eigenvalue weighted by molar-refractivity contribution is 7.26. The summed E-state index contributed by atoms with van der Waals surface area (Å²) in [6.45, 7) is 18.6. The van der Waals surface area contributed by atoms with Gasteiger partial charge in [0.2, 0.25) is 0 Å². The van der Waals surface area contributed by atoms with E-state index in [-0.39, 0.29) is 23.0 Å². The number of thiophene rings is 1. The Morgan fingerprint density at radius 1 is 0.506 bits per heavy atom. The maximum absolute atomic E-state index is 7.44. The smallest absolute Gasteiger partial charge is 0.257 e. The van der Waals surface area contributed by atoms with Gasteiger partial charge in [0, 0.05) is 70.9 Å². The Balaban J connectivity index is 1.14. The number of hydrogen-bond donors (Lipinski definition) is 0. The Morgan fingerprint density at radius 3 is 1.87 bits per heavy atom. The lowest BCUT2D eigenvalue weighted by Crippen LogP contribution is -2.60. The summed E-state index contributed by atoms with van der Waals surface area (Å²) < 4.78 is 12.7. The molecule has 1 aliphatic carbocycles. The van der Waals surface area contributed by atoms with Crippen LogP contribution in [0.1, 0.15) is 77.6 Å². The van der Waals surface area contributed by atoms with E-state index in [1.54, 1.807) is 0 Å². The van der Waals surface area contributed by atoms with Crippen LogP contribution in [0, 0.1) is 0 Å². The lowest BCUT2D eigenvalue weighted by atomic mass is 9.33. The molecule has 6 heteroatoms. The van der Waals surface area contributed by atoms with Crippen LogP contribution in [0.3, 0.4) is 0 Å². The normalized spacial score (nSPS) is 14.1. The van der Waals surface area contributed by atoms with Crippen LogP contribution in [0.4, 0.5) is 34.1 Å². The minimum absolute atomic E-state index is 0.0341. The molecule has 0 bridgehead atoms. The molecule has 12 aromatic rings. The van der Waals surface area contributed by atoms with Crippen molar-refractivity contribution in [1.29, 1.82) is 0 Å². The fourth-order valence-corrected chi connectivity index (χ4v) is 14.6.